The van der Waals surface area contributed by atoms with Crippen LogP contribution >= 0.6 is 0 Å². The molecule has 0 aromatic heterocycles. The van der Waals surface area contributed by atoms with E-state index >= 15 is 0 Å². The maximum atomic E-state index is 14.8. The van der Waals surface area contributed by atoms with Crippen molar-refractivity contribution in [3.8, 4) is 0 Å². The van der Waals surface area contributed by atoms with Gasteiger partial charge < -0.3 is 0 Å². The Morgan fingerprint density at radius 1 is 0.788 bits per heavy atom. The molecule has 33 heavy (non-hydrogen) atoms. The summed E-state index contributed by atoms with van der Waals surface area (Å²) in [5.41, 5.74) is -0.466. The highest BCUT2D eigenvalue weighted by Gasteiger charge is 2.95. The lowest BCUT2D eigenvalue weighted by Crippen LogP contribution is -2.71. The first-order valence-electron chi connectivity index (χ1n) is 9.52. The minimum Gasteiger partial charge on any atom is -0.236 e. The molecule has 1 aliphatic rings. The predicted molar refractivity (Wildman–Crippen MR) is 88.5 cm³/mol. The van der Waals surface area contributed by atoms with Crippen LogP contribution in [0.1, 0.15) is 40.0 Å². The molecular formula is C18H21F13NO+. The Morgan fingerprint density at radius 3 is 1.55 bits per heavy atom. The van der Waals surface area contributed by atoms with Crippen LogP contribution in [0.25, 0.3) is 0 Å². The number of amides is 1. The summed E-state index contributed by atoms with van der Waals surface area (Å²) < 4.78 is 174. The van der Waals surface area contributed by atoms with Crippen molar-refractivity contribution in [1.82, 2.24) is 0 Å². The lowest BCUT2D eigenvalue weighted by Gasteiger charge is -2.39. The molecule has 0 aromatic rings. The van der Waals surface area contributed by atoms with Gasteiger partial charge in [-0.1, -0.05) is 26.8 Å². The third-order valence-electron chi connectivity index (χ3n) is 5.74. The molecule has 2 nitrogen and oxygen atoms in total. The first-order chi connectivity index (χ1) is 14.5. The summed E-state index contributed by atoms with van der Waals surface area (Å²) in [6, 6.07) is -4.91. The normalized spacial score (nSPS) is 25.2. The molecule has 3 unspecified atom stereocenters. The van der Waals surface area contributed by atoms with Gasteiger partial charge in [-0.05, 0) is 13.3 Å². The summed E-state index contributed by atoms with van der Waals surface area (Å²) in [6.07, 6.45) is -7.89. The van der Waals surface area contributed by atoms with Crippen LogP contribution in [0.3, 0.4) is 0 Å². The molecule has 0 aliphatic carbocycles. The number of carbonyl (C=O) groups excluding carboxylic acids is 1. The van der Waals surface area contributed by atoms with Gasteiger partial charge in [-0.15, -0.1) is 0 Å². The highest BCUT2D eigenvalue weighted by Crippen LogP contribution is 2.64. The summed E-state index contributed by atoms with van der Waals surface area (Å²) in [7, 11) is 0. The van der Waals surface area contributed by atoms with E-state index in [-0.39, 0.29) is 12.8 Å². The Balaban J connectivity index is 3.68. The summed E-state index contributed by atoms with van der Waals surface area (Å²) >= 11 is 0. The summed E-state index contributed by atoms with van der Waals surface area (Å²) in [6.45, 7) is 6.11. The molecule has 0 saturated carbocycles. The number of alkyl halides is 13. The van der Waals surface area contributed by atoms with E-state index in [9.17, 15) is 61.9 Å². The van der Waals surface area contributed by atoms with Gasteiger partial charge in [0.15, 0.2) is 6.04 Å². The van der Waals surface area contributed by atoms with Crippen molar-refractivity contribution in [3.63, 3.8) is 0 Å². The molecule has 1 saturated heterocycles. The Labute approximate surface area is 180 Å². The number of unbranched alkanes of at least 4 members (excludes halogenated alkanes) is 1. The smallest absolute Gasteiger partial charge is 0.236 e. The summed E-state index contributed by atoms with van der Waals surface area (Å²) in [5.74, 6) is -38.6. The molecule has 15 heteroatoms. The Kier molecular flexibility index (Phi) is 7.41. The van der Waals surface area contributed by atoms with E-state index in [0.717, 1.165) is 13.8 Å². The van der Waals surface area contributed by atoms with E-state index in [1.54, 1.807) is 0 Å². The van der Waals surface area contributed by atoms with E-state index < -0.39 is 76.8 Å². The second-order valence-electron chi connectivity index (χ2n) is 7.93. The van der Waals surface area contributed by atoms with E-state index in [1.165, 1.54) is 6.92 Å². The van der Waals surface area contributed by atoms with E-state index in [1.807, 2.05) is 0 Å². The average molecular weight is 514 g/mol. The fourth-order valence-electron chi connectivity index (χ4n) is 3.96. The standard InChI is InChI=1S/C18H21F13NO/c1-5-7-8-32(12(33)9(3)4)10(6-2)11(32)13(19,20)14(21,22)15(23,24)16(25,26)17(27,28)18(29,30)31/h10-11H,3,5-8H2,1-2,4H3/q+1. The Hall–Kier alpha value is -1.54. The number of hydrogen-bond acceptors (Lipinski definition) is 1. The molecule has 1 aliphatic heterocycles. The van der Waals surface area contributed by atoms with E-state index in [2.05, 4.69) is 6.58 Å². The molecule has 194 valence electrons. The number of halogens is 13. The minimum atomic E-state index is -7.96. The minimum absolute atomic E-state index is 0.0909. The molecule has 0 aromatic carbocycles. The Morgan fingerprint density at radius 2 is 1.21 bits per heavy atom. The van der Waals surface area contributed by atoms with Gasteiger partial charge >= 0.3 is 41.7 Å². The zero-order chi connectivity index (χ0) is 26.6. The molecular weight excluding hydrogens is 493 g/mol. The van der Waals surface area contributed by atoms with Crippen LogP contribution in [0.15, 0.2) is 12.2 Å². The Bertz CT molecular complexity index is 774. The number of carbonyl (C=O) groups is 1. The molecule has 0 bridgehead atoms. The van der Waals surface area contributed by atoms with Crippen LogP contribution in [-0.2, 0) is 4.79 Å². The molecule has 3 atom stereocenters. The summed E-state index contributed by atoms with van der Waals surface area (Å²) in [4.78, 5) is 12.5. The van der Waals surface area contributed by atoms with Crippen molar-refractivity contribution < 1.29 is 66.4 Å². The van der Waals surface area contributed by atoms with Crippen LogP contribution in [-0.4, -0.2) is 64.8 Å². The van der Waals surface area contributed by atoms with Crippen molar-refractivity contribution in [3.05, 3.63) is 12.2 Å². The average Bonchev–Trinajstić information content (AvgIpc) is 3.33. The van der Waals surface area contributed by atoms with Crippen LogP contribution in [0.2, 0.25) is 0 Å². The number of hydrogen-bond donors (Lipinski definition) is 0. The maximum Gasteiger partial charge on any atom is 0.460 e. The van der Waals surface area contributed by atoms with Gasteiger partial charge in [0.05, 0.1) is 6.54 Å². The maximum absolute atomic E-state index is 14.8. The predicted octanol–water partition coefficient (Wildman–Crippen LogP) is 6.61. The molecule has 0 spiro atoms. The lowest BCUT2D eigenvalue weighted by atomic mass is 9.91. The molecule has 1 amide bonds. The molecule has 1 heterocycles. The third-order valence-corrected chi connectivity index (χ3v) is 5.74. The molecule has 0 radical (unpaired) electrons. The van der Waals surface area contributed by atoms with Gasteiger partial charge in [-0.3, -0.25) is 0 Å². The van der Waals surface area contributed by atoms with Crippen LogP contribution < -0.4 is 0 Å². The van der Waals surface area contributed by atoms with Gasteiger partial charge in [-0.2, -0.15) is 57.1 Å². The SMILES string of the molecule is C=C(C)C(=O)[N+]1(CCCC)C(CC)C1C(F)(F)C(F)(F)C(F)(F)C(F)(F)C(F)(F)C(F)(F)F. The first kappa shape index (κ1) is 29.5. The van der Waals surface area contributed by atoms with E-state index in [4.69, 9.17) is 0 Å². The van der Waals surface area contributed by atoms with Gasteiger partial charge in [0, 0.05) is 12.0 Å². The third kappa shape index (κ3) is 3.81. The lowest BCUT2D eigenvalue weighted by molar-refractivity contribution is -0.755. The fraction of sp³-hybridized carbons (Fsp3) is 0.833. The van der Waals surface area contributed by atoms with Crippen LogP contribution in [0, 0.1) is 0 Å². The van der Waals surface area contributed by atoms with Gasteiger partial charge in [0.1, 0.15) is 0 Å². The number of rotatable bonds is 10. The first-order valence-corrected chi connectivity index (χ1v) is 9.52. The highest BCUT2D eigenvalue weighted by molar-refractivity contribution is 5.88. The molecule has 1 rings (SSSR count). The van der Waals surface area contributed by atoms with Gasteiger partial charge in [0.25, 0.3) is 0 Å². The van der Waals surface area contributed by atoms with Crippen molar-refractivity contribution in [2.75, 3.05) is 6.54 Å². The second-order valence-corrected chi connectivity index (χ2v) is 7.93. The fourth-order valence-corrected chi connectivity index (χ4v) is 3.96. The quantitative estimate of drug-likeness (QED) is 0.139. The van der Waals surface area contributed by atoms with Crippen LogP contribution in [0.4, 0.5) is 57.1 Å². The van der Waals surface area contributed by atoms with E-state index in [0.29, 0.717) is 0 Å². The summed E-state index contributed by atoms with van der Waals surface area (Å²) in [5, 5.41) is 0. The topological polar surface area (TPSA) is 17.1 Å². The zero-order valence-electron chi connectivity index (χ0n) is 17.5. The highest BCUT2D eigenvalue weighted by atomic mass is 19.4. The molecule has 0 N–H and O–H groups in total. The number of nitrogens with zero attached hydrogens (tertiary/aromatic N) is 1. The van der Waals surface area contributed by atoms with Gasteiger partial charge in [-0.25, -0.2) is 9.28 Å². The van der Waals surface area contributed by atoms with Crippen molar-refractivity contribution in [2.24, 2.45) is 0 Å². The van der Waals surface area contributed by atoms with Gasteiger partial charge in [0.2, 0.25) is 6.04 Å². The van der Waals surface area contributed by atoms with Crippen molar-refractivity contribution in [1.29, 1.82) is 0 Å². The number of quaternary nitrogens is 1. The largest absolute Gasteiger partial charge is 0.460 e. The molecule has 1 fully saturated rings. The van der Waals surface area contributed by atoms with Crippen molar-refractivity contribution in [2.45, 2.75) is 87.9 Å². The van der Waals surface area contributed by atoms with Crippen molar-refractivity contribution >= 4 is 5.91 Å². The monoisotopic (exact) mass is 514 g/mol. The second kappa shape index (κ2) is 8.29. The van der Waals surface area contributed by atoms with Crippen LogP contribution in [0.5, 0.6) is 0 Å². The zero-order valence-corrected chi connectivity index (χ0v) is 17.5.